The first-order chi connectivity index (χ1) is 12.8. The molecule has 3 rings (SSSR count). The van der Waals surface area contributed by atoms with Crippen LogP contribution in [0.2, 0.25) is 0 Å². The van der Waals surface area contributed by atoms with Crippen molar-refractivity contribution in [3.63, 3.8) is 0 Å². The predicted molar refractivity (Wildman–Crippen MR) is 100 cm³/mol. The molecule has 0 spiro atoms. The first kappa shape index (κ1) is 19.3. The van der Waals surface area contributed by atoms with Gasteiger partial charge in [-0.05, 0) is 61.6 Å². The van der Waals surface area contributed by atoms with E-state index in [2.05, 4.69) is 0 Å². The number of carbonyl (C=O) groups excluding carboxylic acids is 2. The van der Waals surface area contributed by atoms with E-state index in [0.29, 0.717) is 30.5 Å². The van der Waals surface area contributed by atoms with Crippen LogP contribution in [0.5, 0.6) is 0 Å². The van der Waals surface area contributed by atoms with E-state index >= 15 is 0 Å². The maximum absolute atomic E-state index is 12.3. The fourth-order valence-corrected chi connectivity index (χ4v) is 3.81. The molecule has 0 unspecified atom stereocenters. The Labute approximate surface area is 158 Å². The molecule has 142 valence electrons. The summed E-state index contributed by atoms with van der Waals surface area (Å²) in [5, 5.41) is 0. The van der Waals surface area contributed by atoms with E-state index in [1.165, 1.54) is 17.0 Å². The summed E-state index contributed by atoms with van der Waals surface area (Å²) < 4.78 is 31.7. The fourth-order valence-electron chi connectivity index (χ4n) is 3.28. The van der Waals surface area contributed by atoms with Crippen molar-refractivity contribution in [2.45, 2.75) is 37.5 Å². The molecule has 1 aliphatic heterocycles. The van der Waals surface area contributed by atoms with E-state index < -0.39 is 10.1 Å². The lowest BCUT2D eigenvalue weighted by molar-refractivity contribution is 0.0651. The van der Waals surface area contributed by atoms with Crippen molar-refractivity contribution in [1.29, 1.82) is 0 Å². The Morgan fingerprint density at radius 2 is 1.56 bits per heavy atom. The molecular weight excluding hydrogens is 366 g/mol. The lowest BCUT2D eigenvalue weighted by Crippen LogP contribution is -2.30. The fraction of sp³-hybridized carbons (Fsp3) is 0.300. The standard InChI is InChI=1S/C20H21NO5S/c1-14-10-11-16(27(24,25)26)13-15(14)7-3-2-6-12-21-19(22)17-8-4-5-9-18(17)20(21)23/h4-5,8-11,13H,2-3,6-7,12H2,1H3,(H,24,25,26). The van der Waals surface area contributed by atoms with E-state index in [1.807, 2.05) is 6.92 Å². The van der Waals surface area contributed by atoms with Gasteiger partial charge in [0.25, 0.3) is 21.9 Å². The minimum atomic E-state index is -4.21. The third-order valence-electron chi connectivity index (χ3n) is 4.82. The van der Waals surface area contributed by atoms with E-state index in [-0.39, 0.29) is 16.7 Å². The monoisotopic (exact) mass is 387 g/mol. The molecule has 1 N–H and O–H groups in total. The number of hydrogen-bond donors (Lipinski definition) is 1. The summed E-state index contributed by atoms with van der Waals surface area (Å²) in [5.41, 5.74) is 2.74. The summed E-state index contributed by atoms with van der Waals surface area (Å²) in [6, 6.07) is 11.4. The topological polar surface area (TPSA) is 91.8 Å². The second-order valence-electron chi connectivity index (χ2n) is 6.68. The van der Waals surface area contributed by atoms with Crippen LogP contribution in [-0.4, -0.2) is 36.2 Å². The highest BCUT2D eigenvalue weighted by molar-refractivity contribution is 7.85. The van der Waals surface area contributed by atoms with Gasteiger partial charge in [-0.2, -0.15) is 8.42 Å². The lowest BCUT2D eigenvalue weighted by Gasteiger charge is -2.13. The summed E-state index contributed by atoms with van der Waals surface area (Å²) in [4.78, 5) is 25.8. The molecule has 7 heteroatoms. The molecular formula is C20H21NO5S. The molecule has 0 aromatic heterocycles. The van der Waals surface area contributed by atoms with Gasteiger partial charge in [-0.25, -0.2) is 0 Å². The number of amides is 2. The lowest BCUT2D eigenvalue weighted by atomic mass is 10.0. The zero-order valence-electron chi connectivity index (χ0n) is 15.0. The molecule has 0 radical (unpaired) electrons. The predicted octanol–water partition coefficient (Wildman–Crippen LogP) is 3.25. The number of aryl methyl sites for hydroxylation is 2. The summed E-state index contributed by atoms with van der Waals surface area (Å²) >= 11 is 0. The molecule has 0 fully saturated rings. The number of nitrogens with zero attached hydrogens (tertiary/aromatic N) is 1. The third kappa shape index (κ3) is 4.09. The van der Waals surface area contributed by atoms with Gasteiger partial charge in [0, 0.05) is 6.54 Å². The van der Waals surface area contributed by atoms with Gasteiger partial charge in [0.1, 0.15) is 0 Å². The minimum absolute atomic E-state index is 0.103. The van der Waals surface area contributed by atoms with Crippen molar-refractivity contribution in [2.24, 2.45) is 0 Å². The van der Waals surface area contributed by atoms with Crippen LogP contribution >= 0.6 is 0 Å². The highest BCUT2D eigenvalue weighted by Gasteiger charge is 2.34. The van der Waals surface area contributed by atoms with Crippen molar-refractivity contribution in [2.75, 3.05) is 6.54 Å². The van der Waals surface area contributed by atoms with Gasteiger partial charge < -0.3 is 0 Å². The second-order valence-corrected chi connectivity index (χ2v) is 8.10. The van der Waals surface area contributed by atoms with E-state index in [9.17, 15) is 18.0 Å². The normalized spacial score (nSPS) is 13.9. The Kier molecular flexibility index (Phi) is 5.43. The maximum atomic E-state index is 12.3. The first-order valence-electron chi connectivity index (χ1n) is 8.81. The SMILES string of the molecule is Cc1ccc(S(=O)(=O)O)cc1CCCCCN1C(=O)c2ccccc2C1=O. The Bertz CT molecular complexity index is 962. The Morgan fingerprint density at radius 1 is 0.926 bits per heavy atom. The minimum Gasteiger partial charge on any atom is -0.282 e. The molecule has 0 aliphatic carbocycles. The molecule has 0 saturated carbocycles. The van der Waals surface area contributed by atoms with Gasteiger partial charge >= 0.3 is 0 Å². The van der Waals surface area contributed by atoms with Crippen LogP contribution in [0.3, 0.4) is 0 Å². The maximum Gasteiger partial charge on any atom is 0.294 e. The van der Waals surface area contributed by atoms with Crippen molar-refractivity contribution in [1.82, 2.24) is 4.90 Å². The highest BCUT2D eigenvalue weighted by atomic mass is 32.2. The molecule has 2 aromatic rings. The van der Waals surface area contributed by atoms with Crippen LogP contribution < -0.4 is 0 Å². The number of fused-ring (bicyclic) bond motifs is 1. The molecule has 6 nitrogen and oxygen atoms in total. The summed E-state index contributed by atoms with van der Waals surface area (Å²) in [7, 11) is -4.21. The van der Waals surface area contributed by atoms with Crippen molar-refractivity contribution in [3.8, 4) is 0 Å². The van der Waals surface area contributed by atoms with Crippen LogP contribution in [0, 0.1) is 6.92 Å². The molecule has 0 atom stereocenters. The molecule has 27 heavy (non-hydrogen) atoms. The average Bonchev–Trinajstić information content (AvgIpc) is 2.87. The number of rotatable bonds is 7. The number of unbranched alkanes of at least 4 members (excludes halogenated alkanes) is 2. The molecule has 0 bridgehead atoms. The molecule has 1 aliphatic rings. The van der Waals surface area contributed by atoms with E-state index in [0.717, 1.165) is 24.0 Å². The largest absolute Gasteiger partial charge is 0.294 e. The van der Waals surface area contributed by atoms with Crippen LogP contribution in [0.25, 0.3) is 0 Å². The van der Waals surface area contributed by atoms with Gasteiger partial charge in [-0.15, -0.1) is 0 Å². The average molecular weight is 387 g/mol. The zero-order valence-corrected chi connectivity index (χ0v) is 15.8. The quantitative estimate of drug-likeness (QED) is 0.447. The van der Waals surface area contributed by atoms with Crippen LogP contribution in [0.1, 0.15) is 51.1 Å². The highest BCUT2D eigenvalue weighted by Crippen LogP contribution is 2.23. The summed E-state index contributed by atoms with van der Waals surface area (Å²) in [6.45, 7) is 2.26. The van der Waals surface area contributed by atoms with Gasteiger partial charge in [0.15, 0.2) is 0 Å². The number of benzene rings is 2. The molecule has 2 aromatic carbocycles. The second kappa shape index (κ2) is 7.62. The Morgan fingerprint density at radius 3 is 2.15 bits per heavy atom. The molecule has 2 amide bonds. The van der Waals surface area contributed by atoms with Gasteiger partial charge in [0.2, 0.25) is 0 Å². The van der Waals surface area contributed by atoms with Crippen molar-refractivity contribution >= 4 is 21.9 Å². The first-order valence-corrected chi connectivity index (χ1v) is 10.3. The van der Waals surface area contributed by atoms with E-state index in [4.69, 9.17) is 4.55 Å². The van der Waals surface area contributed by atoms with Crippen molar-refractivity contribution in [3.05, 3.63) is 64.7 Å². The van der Waals surface area contributed by atoms with Gasteiger partial charge in [0.05, 0.1) is 16.0 Å². The Balaban J connectivity index is 1.52. The Hall–Kier alpha value is -2.51. The van der Waals surface area contributed by atoms with E-state index in [1.54, 1.807) is 30.3 Å². The number of imide groups is 1. The van der Waals surface area contributed by atoms with Gasteiger partial charge in [-0.1, -0.05) is 24.6 Å². The zero-order chi connectivity index (χ0) is 19.6. The van der Waals surface area contributed by atoms with Crippen LogP contribution in [-0.2, 0) is 16.5 Å². The summed E-state index contributed by atoms with van der Waals surface area (Å²) in [6.07, 6.45) is 2.93. The summed E-state index contributed by atoms with van der Waals surface area (Å²) in [5.74, 6) is -0.486. The number of hydrogen-bond acceptors (Lipinski definition) is 4. The third-order valence-corrected chi connectivity index (χ3v) is 5.67. The smallest absolute Gasteiger partial charge is 0.282 e. The van der Waals surface area contributed by atoms with Crippen molar-refractivity contribution < 1.29 is 22.6 Å². The van der Waals surface area contributed by atoms with Crippen LogP contribution in [0.4, 0.5) is 0 Å². The van der Waals surface area contributed by atoms with Crippen LogP contribution in [0.15, 0.2) is 47.4 Å². The van der Waals surface area contributed by atoms with Gasteiger partial charge in [-0.3, -0.25) is 19.0 Å². The number of carbonyl (C=O) groups is 2. The molecule has 1 heterocycles. The molecule has 0 saturated heterocycles.